The summed E-state index contributed by atoms with van der Waals surface area (Å²) in [5.74, 6) is 1.84. The Balaban J connectivity index is 1.73. The standard InChI is InChI=1S/C21H35N3O2/c1-4-14-26-19-8-5-7-18(16-19)9-13-23-20(22-2)24-17-21(10-6-11-21)12-15-25-3/h5,7-8,16H,4,6,9-15,17H2,1-3H3,(H2,22,23,24). The largest absolute Gasteiger partial charge is 0.494 e. The third-order valence-corrected chi connectivity index (χ3v) is 5.18. The summed E-state index contributed by atoms with van der Waals surface area (Å²) in [7, 11) is 3.61. The lowest BCUT2D eigenvalue weighted by Crippen LogP contribution is -2.47. The zero-order chi connectivity index (χ0) is 18.7. The highest BCUT2D eigenvalue weighted by Gasteiger charge is 2.36. The second kappa shape index (κ2) is 11.1. The molecule has 0 spiro atoms. The molecule has 0 atom stereocenters. The highest BCUT2D eigenvalue weighted by molar-refractivity contribution is 5.79. The van der Waals surface area contributed by atoms with Gasteiger partial charge in [0.1, 0.15) is 5.75 Å². The highest BCUT2D eigenvalue weighted by Crippen LogP contribution is 2.43. The first kappa shape index (κ1) is 20.6. The van der Waals surface area contributed by atoms with Crippen molar-refractivity contribution in [2.24, 2.45) is 10.4 Å². The summed E-state index contributed by atoms with van der Waals surface area (Å²) in [6.45, 7) is 5.54. The molecular weight excluding hydrogens is 326 g/mol. The van der Waals surface area contributed by atoms with Crippen molar-refractivity contribution in [2.45, 2.75) is 45.4 Å². The van der Waals surface area contributed by atoms with E-state index in [9.17, 15) is 0 Å². The van der Waals surface area contributed by atoms with Crippen molar-refractivity contribution >= 4 is 5.96 Å². The number of ether oxygens (including phenoxy) is 2. The van der Waals surface area contributed by atoms with Crippen LogP contribution in [-0.4, -0.2) is 46.4 Å². The van der Waals surface area contributed by atoms with Crippen LogP contribution in [0.4, 0.5) is 0 Å². The van der Waals surface area contributed by atoms with Crippen LogP contribution >= 0.6 is 0 Å². The Hall–Kier alpha value is -1.75. The SMILES string of the molecule is CCCOc1cccc(CCNC(=NC)NCC2(CCOC)CCC2)c1. The van der Waals surface area contributed by atoms with Crippen LogP contribution < -0.4 is 15.4 Å². The molecule has 0 heterocycles. The van der Waals surface area contributed by atoms with Gasteiger partial charge in [-0.2, -0.15) is 0 Å². The lowest BCUT2D eigenvalue weighted by molar-refractivity contribution is 0.0732. The maximum Gasteiger partial charge on any atom is 0.191 e. The van der Waals surface area contributed by atoms with Crippen LogP contribution in [0, 0.1) is 5.41 Å². The van der Waals surface area contributed by atoms with Gasteiger partial charge in [0.2, 0.25) is 0 Å². The Kier molecular flexibility index (Phi) is 8.75. The minimum atomic E-state index is 0.387. The fourth-order valence-electron chi connectivity index (χ4n) is 3.34. The van der Waals surface area contributed by atoms with E-state index < -0.39 is 0 Å². The molecule has 1 aliphatic carbocycles. The van der Waals surface area contributed by atoms with Gasteiger partial charge in [0.15, 0.2) is 5.96 Å². The van der Waals surface area contributed by atoms with Crippen LogP contribution in [0.2, 0.25) is 0 Å². The minimum absolute atomic E-state index is 0.387. The quantitative estimate of drug-likeness (QED) is 0.469. The van der Waals surface area contributed by atoms with Crippen LogP contribution in [0.1, 0.15) is 44.6 Å². The number of nitrogens with zero attached hydrogens (tertiary/aromatic N) is 1. The first-order valence-corrected chi connectivity index (χ1v) is 9.86. The number of aliphatic imine (C=N–C) groups is 1. The van der Waals surface area contributed by atoms with Crippen molar-refractivity contribution in [1.29, 1.82) is 0 Å². The van der Waals surface area contributed by atoms with Gasteiger partial charge < -0.3 is 20.1 Å². The fourth-order valence-corrected chi connectivity index (χ4v) is 3.34. The Morgan fingerprint density at radius 1 is 1.23 bits per heavy atom. The molecule has 0 aromatic heterocycles. The first-order chi connectivity index (χ1) is 12.7. The number of nitrogens with one attached hydrogen (secondary N) is 2. The van der Waals surface area contributed by atoms with Crippen molar-refractivity contribution < 1.29 is 9.47 Å². The van der Waals surface area contributed by atoms with Gasteiger partial charge in [0.25, 0.3) is 0 Å². The summed E-state index contributed by atoms with van der Waals surface area (Å²) in [6.07, 6.45) is 6.99. The first-order valence-electron chi connectivity index (χ1n) is 9.86. The van der Waals surface area contributed by atoms with Gasteiger partial charge in [-0.1, -0.05) is 25.5 Å². The Bertz CT molecular complexity index is 556. The summed E-state index contributed by atoms with van der Waals surface area (Å²) >= 11 is 0. The molecular formula is C21H35N3O2. The van der Waals surface area contributed by atoms with E-state index in [-0.39, 0.29) is 0 Å². The second-order valence-corrected chi connectivity index (χ2v) is 7.19. The molecule has 1 fully saturated rings. The molecule has 5 heteroatoms. The molecule has 1 aliphatic rings. The van der Waals surface area contributed by atoms with Crippen molar-refractivity contribution in [1.82, 2.24) is 10.6 Å². The van der Waals surface area contributed by atoms with Crippen LogP contribution in [0.15, 0.2) is 29.3 Å². The molecule has 0 radical (unpaired) electrons. The van der Waals surface area contributed by atoms with Gasteiger partial charge >= 0.3 is 0 Å². The Morgan fingerprint density at radius 3 is 2.73 bits per heavy atom. The molecule has 1 saturated carbocycles. The molecule has 146 valence electrons. The molecule has 2 rings (SSSR count). The summed E-state index contributed by atoms with van der Waals surface area (Å²) in [6, 6.07) is 8.35. The zero-order valence-corrected chi connectivity index (χ0v) is 16.6. The van der Waals surface area contributed by atoms with Crippen LogP contribution in [0.3, 0.4) is 0 Å². The summed E-state index contributed by atoms with van der Waals surface area (Å²) in [5.41, 5.74) is 1.66. The summed E-state index contributed by atoms with van der Waals surface area (Å²) < 4.78 is 11.0. The van der Waals surface area contributed by atoms with Crippen LogP contribution in [0.25, 0.3) is 0 Å². The predicted octanol–water partition coefficient (Wildman–Crippen LogP) is 3.39. The van der Waals surface area contributed by atoms with Gasteiger partial charge in [-0.05, 0) is 55.2 Å². The summed E-state index contributed by atoms with van der Waals surface area (Å²) in [5, 5.41) is 6.93. The fraction of sp³-hybridized carbons (Fsp3) is 0.667. The monoisotopic (exact) mass is 361 g/mol. The van der Waals surface area contributed by atoms with Crippen molar-refractivity contribution in [3.63, 3.8) is 0 Å². The lowest BCUT2D eigenvalue weighted by atomic mass is 9.67. The molecule has 1 aromatic rings. The van der Waals surface area contributed by atoms with Crippen molar-refractivity contribution in [3.05, 3.63) is 29.8 Å². The molecule has 0 unspecified atom stereocenters. The second-order valence-electron chi connectivity index (χ2n) is 7.19. The third-order valence-electron chi connectivity index (χ3n) is 5.18. The molecule has 2 N–H and O–H groups in total. The van der Waals surface area contributed by atoms with E-state index in [2.05, 4.69) is 40.7 Å². The van der Waals surface area contributed by atoms with Gasteiger partial charge in [-0.15, -0.1) is 0 Å². The average Bonchev–Trinajstić information content (AvgIpc) is 2.64. The Morgan fingerprint density at radius 2 is 2.08 bits per heavy atom. The van der Waals surface area contributed by atoms with E-state index in [1.54, 1.807) is 7.11 Å². The number of benzene rings is 1. The molecule has 1 aromatic carbocycles. The molecule has 0 bridgehead atoms. The predicted molar refractivity (Wildman–Crippen MR) is 108 cm³/mol. The van der Waals surface area contributed by atoms with Crippen LogP contribution in [0.5, 0.6) is 5.75 Å². The van der Waals surface area contributed by atoms with E-state index in [4.69, 9.17) is 9.47 Å². The minimum Gasteiger partial charge on any atom is -0.494 e. The lowest BCUT2D eigenvalue weighted by Gasteiger charge is -2.42. The molecule has 5 nitrogen and oxygen atoms in total. The van der Waals surface area contributed by atoms with Gasteiger partial charge in [0.05, 0.1) is 6.61 Å². The van der Waals surface area contributed by atoms with Gasteiger partial charge in [0, 0.05) is 33.9 Å². The molecule has 0 saturated heterocycles. The average molecular weight is 362 g/mol. The molecule has 26 heavy (non-hydrogen) atoms. The number of rotatable bonds is 11. The topological polar surface area (TPSA) is 54.9 Å². The van der Waals surface area contributed by atoms with Crippen molar-refractivity contribution in [3.8, 4) is 5.75 Å². The maximum absolute atomic E-state index is 5.70. The normalized spacial score (nSPS) is 16.0. The van der Waals surface area contributed by atoms with Gasteiger partial charge in [-0.3, -0.25) is 4.99 Å². The van der Waals surface area contributed by atoms with E-state index in [1.807, 2.05) is 13.1 Å². The van der Waals surface area contributed by atoms with Gasteiger partial charge in [-0.25, -0.2) is 0 Å². The van der Waals surface area contributed by atoms with E-state index in [1.165, 1.54) is 24.8 Å². The number of hydrogen-bond acceptors (Lipinski definition) is 3. The van der Waals surface area contributed by atoms with E-state index in [0.717, 1.165) is 57.3 Å². The number of methoxy groups -OCH3 is 1. The molecule has 0 amide bonds. The number of guanidine groups is 1. The third kappa shape index (κ3) is 6.52. The Labute approximate surface area is 158 Å². The molecule has 0 aliphatic heterocycles. The summed E-state index contributed by atoms with van der Waals surface area (Å²) in [4.78, 5) is 4.36. The number of hydrogen-bond donors (Lipinski definition) is 2. The van der Waals surface area contributed by atoms with Crippen molar-refractivity contribution in [2.75, 3.05) is 40.5 Å². The maximum atomic E-state index is 5.70. The van der Waals surface area contributed by atoms with E-state index >= 15 is 0 Å². The highest BCUT2D eigenvalue weighted by atomic mass is 16.5. The zero-order valence-electron chi connectivity index (χ0n) is 16.6. The van der Waals surface area contributed by atoms with Crippen LogP contribution in [-0.2, 0) is 11.2 Å². The smallest absolute Gasteiger partial charge is 0.191 e. The van der Waals surface area contributed by atoms with E-state index in [0.29, 0.717) is 5.41 Å².